The van der Waals surface area contributed by atoms with Crippen molar-refractivity contribution in [1.29, 1.82) is 0 Å². The monoisotopic (exact) mass is 323 g/mol. The van der Waals surface area contributed by atoms with Crippen molar-refractivity contribution in [1.82, 2.24) is 4.72 Å². The number of carboxylic acids is 1. The molecule has 1 aliphatic rings. The van der Waals surface area contributed by atoms with Crippen LogP contribution in [0.1, 0.15) is 24.4 Å². The number of nitrogens with one attached hydrogen (secondary N) is 1. The Bertz CT molecular complexity index is 658. The Balaban J connectivity index is 2.35. The quantitative estimate of drug-likeness (QED) is 0.834. The van der Waals surface area contributed by atoms with E-state index in [0.29, 0.717) is 0 Å². The first kappa shape index (κ1) is 15.8. The molecule has 0 saturated heterocycles. The Kier molecular flexibility index (Phi) is 3.98. The lowest BCUT2D eigenvalue weighted by Crippen LogP contribution is -2.44. The summed E-state index contributed by atoms with van der Waals surface area (Å²) in [7, 11) is -4.60. The molecule has 0 radical (unpaired) electrons. The number of hydrogen-bond acceptors (Lipinski definition) is 3. The van der Waals surface area contributed by atoms with Gasteiger partial charge in [-0.25, -0.2) is 21.6 Å². The smallest absolute Gasteiger partial charge is 0.326 e. The van der Waals surface area contributed by atoms with Crippen molar-refractivity contribution in [2.75, 3.05) is 0 Å². The van der Waals surface area contributed by atoms with E-state index < -0.39 is 44.6 Å². The van der Waals surface area contributed by atoms with Crippen molar-refractivity contribution in [3.63, 3.8) is 0 Å². The number of benzene rings is 1. The van der Waals surface area contributed by atoms with E-state index in [-0.39, 0.29) is 12.8 Å². The maximum absolute atomic E-state index is 13.6. The van der Waals surface area contributed by atoms with Gasteiger partial charge in [0, 0.05) is 5.56 Å². The number of carboxylic acid groups (broad SMARTS) is 1. The Morgan fingerprint density at radius 1 is 1.29 bits per heavy atom. The van der Waals surface area contributed by atoms with Crippen molar-refractivity contribution in [2.45, 2.75) is 30.1 Å². The van der Waals surface area contributed by atoms with Crippen molar-refractivity contribution < 1.29 is 31.5 Å². The molecule has 2 rings (SSSR count). The molecule has 0 bridgehead atoms. The fourth-order valence-electron chi connectivity index (χ4n) is 1.96. The van der Waals surface area contributed by atoms with Gasteiger partial charge in [0.25, 0.3) is 6.43 Å². The van der Waals surface area contributed by atoms with Crippen molar-refractivity contribution in [3.8, 4) is 0 Å². The van der Waals surface area contributed by atoms with Crippen LogP contribution in [-0.2, 0) is 14.8 Å². The molecule has 1 saturated carbocycles. The zero-order valence-electron chi connectivity index (χ0n) is 10.6. The van der Waals surface area contributed by atoms with Crippen LogP contribution in [0, 0.1) is 5.82 Å². The first-order valence-electron chi connectivity index (χ1n) is 5.98. The number of rotatable bonds is 6. The highest BCUT2D eigenvalue weighted by molar-refractivity contribution is 7.91. The third-order valence-electron chi connectivity index (χ3n) is 3.41. The van der Waals surface area contributed by atoms with Crippen LogP contribution in [0.4, 0.5) is 13.2 Å². The SMILES string of the molecule is O=C(O)C(NS(=O)(=O)C1(C(F)F)CC1)c1ccccc1F. The van der Waals surface area contributed by atoms with E-state index in [2.05, 4.69) is 0 Å². The minimum absolute atomic E-state index is 0.260. The van der Waals surface area contributed by atoms with Crippen LogP contribution in [0.3, 0.4) is 0 Å². The van der Waals surface area contributed by atoms with Gasteiger partial charge in [0.2, 0.25) is 10.0 Å². The van der Waals surface area contributed by atoms with E-state index in [4.69, 9.17) is 5.11 Å². The molecule has 5 nitrogen and oxygen atoms in total. The van der Waals surface area contributed by atoms with Gasteiger partial charge in [-0.3, -0.25) is 4.79 Å². The topological polar surface area (TPSA) is 83.5 Å². The van der Waals surface area contributed by atoms with Crippen molar-refractivity contribution in [3.05, 3.63) is 35.6 Å². The summed E-state index contributed by atoms with van der Waals surface area (Å²) >= 11 is 0. The second-order valence-electron chi connectivity index (χ2n) is 4.78. The Morgan fingerprint density at radius 2 is 1.86 bits per heavy atom. The molecule has 1 aromatic carbocycles. The first-order chi connectivity index (χ1) is 9.71. The predicted octanol–water partition coefficient (Wildman–Crippen LogP) is 1.67. The fraction of sp³-hybridized carbons (Fsp3) is 0.417. The molecule has 1 aromatic rings. The third kappa shape index (κ3) is 2.75. The van der Waals surface area contributed by atoms with E-state index in [1.165, 1.54) is 12.1 Å². The highest BCUT2D eigenvalue weighted by Gasteiger charge is 2.62. The summed E-state index contributed by atoms with van der Waals surface area (Å²) in [4.78, 5) is 11.2. The fourth-order valence-corrected chi connectivity index (χ4v) is 3.60. The van der Waals surface area contributed by atoms with Gasteiger partial charge in [-0.1, -0.05) is 18.2 Å². The van der Waals surface area contributed by atoms with Crippen LogP contribution in [0.2, 0.25) is 0 Å². The molecular weight excluding hydrogens is 311 g/mol. The molecule has 0 heterocycles. The molecule has 9 heteroatoms. The summed E-state index contributed by atoms with van der Waals surface area (Å²) in [5.41, 5.74) is -0.432. The van der Waals surface area contributed by atoms with Crippen molar-refractivity contribution >= 4 is 16.0 Å². The highest BCUT2D eigenvalue weighted by atomic mass is 32.2. The van der Waals surface area contributed by atoms with Crippen LogP contribution in [0.15, 0.2) is 24.3 Å². The maximum atomic E-state index is 13.6. The van der Waals surface area contributed by atoms with Crippen LogP contribution in [0.5, 0.6) is 0 Å². The number of carbonyl (C=O) groups is 1. The standard InChI is InChI=1S/C12H12F3NO4S/c13-8-4-2-1-3-7(8)9(10(17)18)16-21(19,20)12(5-6-12)11(14)15/h1-4,9,11,16H,5-6H2,(H,17,18). The van der Waals surface area contributed by atoms with Gasteiger partial charge < -0.3 is 5.11 Å². The minimum Gasteiger partial charge on any atom is -0.480 e. The summed E-state index contributed by atoms with van der Waals surface area (Å²) in [6.45, 7) is 0. The summed E-state index contributed by atoms with van der Waals surface area (Å²) in [5, 5.41) is 9.06. The Morgan fingerprint density at radius 3 is 2.29 bits per heavy atom. The van der Waals surface area contributed by atoms with Gasteiger partial charge in [-0.15, -0.1) is 0 Å². The molecule has 0 aliphatic heterocycles. The lowest BCUT2D eigenvalue weighted by atomic mass is 10.1. The summed E-state index contributed by atoms with van der Waals surface area (Å²) < 4.78 is 62.7. The van der Waals surface area contributed by atoms with Gasteiger partial charge in [0.05, 0.1) is 0 Å². The molecule has 0 amide bonds. The Hall–Kier alpha value is -1.61. The number of alkyl halides is 2. The molecule has 1 fully saturated rings. The summed E-state index contributed by atoms with van der Waals surface area (Å²) in [6.07, 6.45) is -3.65. The average molecular weight is 323 g/mol. The second-order valence-corrected chi connectivity index (χ2v) is 6.84. The Labute approximate surface area is 118 Å². The van der Waals surface area contributed by atoms with Gasteiger partial charge >= 0.3 is 5.97 Å². The minimum atomic E-state index is -4.60. The lowest BCUT2D eigenvalue weighted by molar-refractivity contribution is -0.139. The summed E-state index contributed by atoms with van der Waals surface area (Å²) in [5.74, 6) is -2.61. The zero-order valence-corrected chi connectivity index (χ0v) is 11.4. The normalized spacial score (nSPS) is 18.5. The van der Waals surface area contributed by atoms with Crippen LogP contribution < -0.4 is 4.72 Å². The first-order valence-corrected chi connectivity index (χ1v) is 7.47. The van der Waals surface area contributed by atoms with Gasteiger partial charge in [0.1, 0.15) is 16.6 Å². The van der Waals surface area contributed by atoms with Crippen molar-refractivity contribution in [2.24, 2.45) is 0 Å². The van der Waals surface area contributed by atoms with E-state index >= 15 is 0 Å². The van der Waals surface area contributed by atoms with E-state index in [9.17, 15) is 26.4 Å². The van der Waals surface area contributed by atoms with Crippen LogP contribution in [0.25, 0.3) is 0 Å². The average Bonchev–Trinajstić information content (AvgIpc) is 3.18. The molecule has 0 spiro atoms. The molecule has 21 heavy (non-hydrogen) atoms. The van der Waals surface area contributed by atoms with E-state index in [0.717, 1.165) is 12.1 Å². The van der Waals surface area contributed by atoms with Gasteiger partial charge in [-0.05, 0) is 18.9 Å². The lowest BCUT2D eigenvalue weighted by Gasteiger charge is -2.20. The molecule has 0 aromatic heterocycles. The molecule has 1 unspecified atom stereocenters. The molecule has 1 atom stereocenters. The number of hydrogen-bond donors (Lipinski definition) is 2. The molecule has 116 valence electrons. The van der Waals surface area contributed by atoms with Crippen LogP contribution in [-0.4, -0.2) is 30.7 Å². The number of halogens is 3. The van der Waals surface area contributed by atoms with Gasteiger partial charge in [0.15, 0.2) is 0 Å². The molecule has 1 aliphatic carbocycles. The third-order valence-corrected chi connectivity index (χ3v) is 5.61. The predicted molar refractivity (Wildman–Crippen MR) is 66.8 cm³/mol. The zero-order chi connectivity index (χ0) is 15.8. The van der Waals surface area contributed by atoms with Gasteiger partial charge in [-0.2, -0.15) is 4.72 Å². The van der Waals surface area contributed by atoms with E-state index in [1.807, 2.05) is 0 Å². The highest BCUT2D eigenvalue weighted by Crippen LogP contribution is 2.48. The van der Waals surface area contributed by atoms with E-state index in [1.54, 1.807) is 4.72 Å². The second kappa shape index (κ2) is 5.30. The molecular formula is C12H12F3NO4S. The number of aliphatic carboxylic acids is 1. The largest absolute Gasteiger partial charge is 0.480 e. The molecule has 2 N–H and O–H groups in total. The number of sulfonamides is 1. The summed E-state index contributed by atoms with van der Waals surface area (Å²) in [6, 6.07) is 2.71. The maximum Gasteiger partial charge on any atom is 0.326 e. The van der Waals surface area contributed by atoms with Crippen LogP contribution >= 0.6 is 0 Å².